The van der Waals surface area contributed by atoms with Crippen molar-refractivity contribution in [2.24, 2.45) is 4.99 Å². The van der Waals surface area contributed by atoms with Crippen LogP contribution in [-0.2, 0) is 0 Å². The molecular weight excluding hydrogens is 234 g/mol. The van der Waals surface area contributed by atoms with E-state index in [9.17, 15) is 8.78 Å². The molecule has 0 radical (unpaired) electrons. The molecule has 0 saturated heterocycles. The molecule has 0 amide bonds. The minimum atomic E-state index is -2.90. The second-order valence-corrected chi connectivity index (χ2v) is 5.01. The average Bonchev–Trinajstić information content (AvgIpc) is 2.70. The molecule has 2 atom stereocenters. The lowest BCUT2D eigenvalue weighted by atomic mass is 9.91. The van der Waals surface area contributed by atoms with E-state index in [-0.39, 0.29) is 24.3 Å². The van der Waals surface area contributed by atoms with Gasteiger partial charge in [0, 0.05) is 13.0 Å². The Kier molecular flexibility index (Phi) is 3.83. The van der Waals surface area contributed by atoms with Crippen LogP contribution in [0.3, 0.4) is 0 Å². The van der Waals surface area contributed by atoms with Crippen molar-refractivity contribution >= 4 is 5.84 Å². The van der Waals surface area contributed by atoms with Crippen molar-refractivity contribution in [3.05, 3.63) is 25.3 Å². The fraction of sp³-hybridized carbons (Fsp3) is 0.643. The first-order valence-corrected chi connectivity index (χ1v) is 6.54. The molecule has 2 rings (SSSR count). The molecule has 2 aliphatic rings. The third-order valence-corrected chi connectivity index (χ3v) is 3.71. The summed E-state index contributed by atoms with van der Waals surface area (Å²) >= 11 is 0. The molecule has 0 bridgehead atoms. The molecule has 0 aromatic rings. The van der Waals surface area contributed by atoms with Gasteiger partial charge in [-0.05, 0) is 12.8 Å². The standard InChI is InChI=1S/C14H20F2N2/c1-3-9-14(15,16)13-17-11-7-5-6-8-12(11)18(13)10-4-2/h3-4,11-12H,1-2,5-10H2/t11-,12+/m0/s1. The lowest BCUT2D eigenvalue weighted by Gasteiger charge is -2.33. The van der Waals surface area contributed by atoms with Gasteiger partial charge in [-0.3, -0.25) is 4.99 Å². The van der Waals surface area contributed by atoms with Crippen molar-refractivity contribution in [3.8, 4) is 0 Å². The first-order valence-electron chi connectivity index (χ1n) is 6.54. The fourth-order valence-corrected chi connectivity index (χ4v) is 2.93. The molecular formula is C14H20F2N2. The van der Waals surface area contributed by atoms with E-state index in [1.807, 2.05) is 0 Å². The Morgan fingerprint density at radius 3 is 2.67 bits per heavy atom. The molecule has 18 heavy (non-hydrogen) atoms. The van der Waals surface area contributed by atoms with Crippen LogP contribution in [0.2, 0.25) is 0 Å². The topological polar surface area (TPSA) is 15.6 Å². The van der Waals surface area contributed by atoms with Gasteiger partial charge in [-0.2, -0.15) is 8.78 Å². The summed E-state index contributed by atoms with van der Waals surface area (Å²) in [7, 11) is 0. The van der Waals surface area contributed by atoms with Gasteiger partial charge in [0.25, 0.3) is 0 Å². The van der Waals surface area contributed by atoms with Crippen LogP contribution in [0.4, 0.5) is 8.78 Å². The molecule has 1 aliphatic heterocycles. The summed E-state index contributed by atoms with van der Waals surface area (Å²) in [6.07, 6.45) is 6.66. The molecule has 1 fully saturated rings. The normalized spacial score (nSPS) is 27.7. The molecule has 0 spiro atoms. The summed E-state index contributed by atoms with van der Waals surface area (Å²) in [5, 5.41) is 0. The maximum Gasteiger partial charge on any atom is 0.307 e. The SMILES string of the molecule is C=CCN1C(C(F)(F)CC=C)=N[C@H]2CCCC[C@H]21. The molecule has 1 heterocycles. The van der Waals surface area contributed by atoms with E-state index in [1.165, 1.54) is 6.08 Å². The van der Waals surface area contributed by atoms with E-state index in [0.717, 1.165) is 25.7 Å². The maximum absolute atomic E-state index is 14.1. The van der Waals surface area contributed by atoms with Gasteiger partial charge in [-0.1, -0.05) is 25.0 Å². The summed E-state index contributed by atoms with van der Waals surface area (Å²) in [5.74, 6) is -2.96. The van der Waals surface area contributed by atoms with Crippen LogP contribution >= 0.6 is 0 Å². The summed E-state index contributed by atoms with van der Waals surface area (Å²) in [6, 6.07) is 0.187. The average molecular weight is 254 g/mol. The first-order chi connectivity index (χ1) is 8.60. The number of hydrogen-bond acceptors (Lipinski definition) is 2. The predicted molar refractivity (Wildman–Crippen MR) is 70.1 cm³/mol. The Morgan fingerprint density at radius 1 is 1.28 bits per heavy atom. The van der Waals surface area contributed by atoms with Crippen LogP contribution in [0.25, 0.3) is 0 Å². The smallest absolute Gasteiger partial charge is 0.307 e. The van der Waals surface area contributed by atoms with E-state index in [2.05, 4.69) is 18.2 Å². The summed E-state index contributed by atoms with van der Waals surface area (Å²) in [5.41, 5.74) is 0. The third-order valence-electron chi connectivity index (χ3n) is 3.71. The molecule has 1 saturated carbocycles. The van der Waals surface area contributed by atoms with Gasteiger partial charge in [0.1, 0.15) is 0 Å². The lowest BCUT2D eigenvalue weighted by Crippen LogP contribution is -2.47. The van der Waals surface area contributed by atoms with Crippen molar-refractivity contribution in [2.45, 2.75) is 50.1 Å². The van der Waals surface area contributed by atoms with Gasteiger partial charge < -0.3 is 4.90 Å². The van der Waals surface area contributed by atoms with E-state index >= 15 is 0 Å². The van der Waals surface area contributed by atoms with Crippen molar-refractivity contribution in [3.63, 3.8) is 0 Å². The van der Waals surface area contributed by atoms with Crippen LogP contribution < -0.4 is 0 Å². The number of allylic oxidation sites excluding steroid dienone is 1. The number of aliphatic imine (C=N–C) groups is 1. The number of rotatable bonds is 5. The summed E-state index contributed by atoms with van der Waals surface area (Å²) in [4.78, 5) is 6.05. The molecule has 100 valence electrons. The quantitative estimate of drug-likeness (QED) is 0.686. The van der Waals surface area contributed by atoms with Gasteiger partial charge in [-0.25, -0.2) is 0 Å². The minimum Gasteiger partial charge on any atom is -0.346 e. The van der Waals surface area contributed by atoms with E-state index in [1.54, 1.807) is 11.0 Å². The number of hydrogen-bond donors (Lipinski definition) is 0. The maximum atomic E-state index is 14.1. The molecule has 4 heteroatoms. The Hall–Kier alpha value is -1.19. The lowest BCUT2D eigenvalue weighted by molar-refractivity contribution is 0.0656. The van der Waals surface area contributed by atoms with Crippen LogP contribution in [0.5, 0.6) is 0 Å². The number of alkyl halides is 2. The molecule has 2 nitrogen and oxygen atoms in total. The van der Waals surface area contributed by atoms with E-state index < -0.39 is 5.92 Å². The largest absolute Gasteiger partial charge is 0.346 e. The fourth-order valence-electron chi connectivity index (χ4n) is 2.93. The van der Waals surface area contributed by atoms with E-state index in [0.29, 0.717) is 6.54 Å². The monoisotopic (exact) mass is 254 g/mol. The van der Waals surface area contributed by atoms with Crippen molar-refractivity contribution in [1.82, 2.24) is 4.90 Å². The van der Waals surface area contributed by atoms with Crippen LogP contribution in [-0.4, -0.2) is 35.3 Å². The molecule has 0 aromatic carbocycles. The highest BCUT2D eigenvalue weighted by molar-refractivity contribution is 5.91. The number of fused-ring (bicyclic) bond motifs is 1. The minimum absolute atomic E-state index is 0.0457. The van der Waals surface area contributed by atoms with Crippen LogP contribution in [0.15, 0.2) is 30.3 Å². The van der Waals surface area contributed by atoms with Gasteiger partial charge in [0.05, 0.1) is 12.1 Å². The molecule has 0 aromatic heterocycles. The number of amidine groups is 1. The number of nitrogens with zero attached hydrogens (tertiary/aromatic N) is 2. The zero-order chi connectivity index (χ0) is 13.2. The van der Waals surface area contributed by atoms with Crippen molar-refractivity contribution < 1.29 is 8.78 Å². The Labute approximate surface area is 107 Å². The summed E-state index contributed by atoms with van der Waals surface area (Å²) in [6.45, 7) is 7.52. The highest BCUT2D eigenvalue weighted by Gasteiger charge is 2.47. The van der Waals surface area contributed by atoms with Gasteiger partial charge in [-0.15, -0.1) is 13.2 Å². The predicted octanol–water partition coefficient (Wildman–Crippen LogP) is 3.41. The van der Waals surface area contributed by atoms with Gasteiger partial charge >= 0.3 is 5.92 Å². The van der Waals surface area contributed by atoms with Gasteiger partial charge in [0.15, 0.2) is 5.84 Å². The first kappa shape index (κ1) is 13.2. The van der Waals surface area contributed by atoms with Crippen molar-refractivity contribution in [1.29, 1.82) is 0 Å². The molecule has 1 aliphatic carbocycles. The zero-order valence-corrected chi connectivity index (χ0v) is 10.6. The number of halogens is 2. The molecule has 0 unspecified atom stereocenters. The highest BCUT2D eigenvalue weighted by Crippen LogP contribution is 2.36. The Bertz CT molecular complexity index is 363. The molecule has 0 N–H and O–H groups in total. The Balaban J connectivity index is 2.25. The Morgan fingerprint density at radius 2 is 2.00 bits per heavy atom. The van der Waals surface area contributed by atoms with Crippen LogP contribution in [0.1, 0.15) is 32.1 Å². The second kappa shape index (κ2) is 5.21. The third kappa shape index (κ3) is 2.33. The van der Waals surface area contributed by atoms with Gasteiger partial charge in [0.2, 0.25) is 0 Å². The second-order valence-electron chi connectivity index (χ2n) is 5.01. The highest BCUT2D eigenvalue weighted by atomic mass is 19.3. The zero-order valence-electron chi connectivity index (χ0n) is 10.6. The van der Waals surface area contributed by atoms with E-state index in [4.69, 9.17) is 0 Å². The van der Waals surface area contributed by atoms with Crippen molar-refractivity contribution in [2.75, 3.05) is 6.54 Å². The summed E-state index contributed by atoms with van der Waals surface area (Å²) < 4.78 is 28.1. The van der Waals surface area contributed by atoms with Crippen LogP contribution in [0, 0.1) is 0 Å².